The van der Waals surface area contributed by atoms with Gasteiger partial charge in [-0.25, -0.2) is 14.6 Å². The van der Waals surface area contributed by atoms with Gasteiger partial charge in [0.25, 0.3) is 0 Å². The predicted octanol–water partition coefficient (Wildman–Crippen LogP) is 3.39. The molecule has 0 radical (unpaired) electrons. The van der Waals surface area contributed by atoms with Crippen LogP contribution in [0.25, 0.3) is 0 Å². The second-order valence-corrected chi connectivity index (χ2v) is 4.68. The fraction of sp³-hybridized carbons (Fsp3) is 0.0714. The lowest BCUT2D eigenvalue weighted by Gasteiger charge is -2.11. The van der Waals surface area contributed by atoms with Gasteiger partial charge in [-0.1, -0.05) is 17.7 Å². The number of carboxylic acids is 1. The highest BCUT2D eigenvalue weighted by atomic mass is 35.5. The lowest BCUT2D eigenvalue weighted by molar-refractivity contribution is 0.0692. The number of anilines is 2. The molecule has 2 aromatic rings. The highest BCUT2D eigenvalue weighted by Gasteiger charge is 2.13. The molecule has 0 saturated carbocycles. The molecule has 2 rings (SSSR count). The third kappa shape index (κ3) is 3.70. The van der Waals surface area contributed by atoms with Gasteiger partial charge in [-0.15, -0.1) is 0 Å². The first-order valence-corrected chi connectivity index (χ1v) is 6.37. The summed E-state index contributed by atoms with van der Waals surface area (Å²) in [7, 11) is 0. The van der Waals surface area contributed by atoms with Crippen LogP contribution in [0, 0.1) is 6.92 Å². The Bertz CT molecular complexity index is 704. The van der Waals surface area contributed by atoms with E-state index >= 15 is 0 Å². The minimum atomic E-state index is -1.22. The molecule has 1 aromatic carbocycles. The highest BCUT2D eigenvalue weighted by molar-refractivity contribution is 6.31. The number of rotatable bonds is 3. The normalized spacial score (nSPS) is 10.0. The smallest absolute Gasteiger partial charge is 0.356 e. The highest BCUT2D eigenvalue weighted by Crippen LogP contribution is 2.20. The molecule has 0 bridgehead atoms. The van der Waals surface area contributed by atoms with Gasteiger partial charge in [0.15, 0.2) is 5.69 Å². The van der Waals surface area contributed by atoms with Gasteiger partial charge in [-0.2, -0.15) is 0 Å². The van der Waals surface area contributed by atoms with E-state index in [2.05, 4.69) is 15.6 Å². The van der Waals surface area contributed by atoms with E-state index in [1.165, 1.54) is 18.3 Å². The largest absolute Gasteiger partial charge is 0.476 e. The number of carboxylic acid groups (broad SMARTS) is 1. The molecule has 0 spiro atoms. The van der Waals surface area contributed by atoms with E-state index < -0.39 is 12.0 Å². The summed E-state index contributed by atoms with van der Waals surface area (Å²) in [5.74, 6) is -1.22. The molecule has 108 valence electrons. The van der Waals surface area contributed by atoms with Crippen molar-refractivity contribution in [3.8, 4) is 0 Å². The maximum absolute atomic E-state index is 11.9. The number of hydrogen-bond acceptors (Lipinski definition) is 3. The van der Waals surface area contributed by atoms with Gasteiger partial charge < -0.3 is 15.7 Å². The maximum Gasteiger partial charge on any atom is 0.356 e. The van der Waals surface area contributed by atoms with E-state index in [0.29, 0.717) is 10.7 Å². The van der Waals surface area contributed by atoms with Crippen molar-refractivity contribution >= 4 is 35.0 Å². The van der Waals surface area contributed by atoms with Crippen LogP contribution in [-0.2, 0) is 0 Å². The molecule has 2 amide bonds. The number of halogens is 1. The Morgan fingerprint density at radius 1 is 1.19 bits per heavy atom. The van der Waals surface area contributed by atoms with Crippen LogP contribution in [0.4, 0.5) is 16.2 Å². The van der Waals surface area contributed by atoms with Crippen LogP contribution < -0.4 is 10.6 Å². The van der Waals surface area contributed by atoms with Gasteiger partial charge in [0.2, 0.25) is 0 Å². The van der Waals surface area contributed by atoms with E-state index in [0.717, 1.165) is 5.56 Å². The molecule has 0 aliphatic carbocycles. The topological polar surface area (TPSA) is 91.3 Å². The van der Waals surface area contributed by atoms with Crippen molar-refractivity contribution in [1.82, 2.24) is 4.98 Å². The molecule has 0 fully saturated rings. The first-order chi connectivity index (χ1) is 9.97. The Balaban J connectivity index is 2.16. The van der Waals surface area contributed by atoms with E-state index in [-0.39, 0.29) is 11.4 Å². The quantitative estimate of drug-likeness (QED) is 0.810. The summed E-state index contributed by atoms with van der Waals surface area (Å²) in [6, 6.07) is 7.51. The lowest BCUT2D eigenvalue weighted by Crippen LogP contribution is -2.21. The molecule has 7 heteroatoms. The fourth-order valence-electron chi connectivity index (χ4n) is 1.68. The fourth-order valence-corrected chi connectivity index (χ4v) is 1.85. The average Bonchev–Trinajstić information content (AvgIpc) is 2.43. The minimum absolute atomic E-state index is 0.113. The Labute approximate surface area is 125 Å². The third-order valence-electron chi connectivity index (χ3n) is 2.71. The van der Waals surface area contributed by atoms with Crippen molar-refractivity contribution in [2.75, 3.05) is 10.6 Å². The van der Waals surface area contributed by atoms with Gasteiger partial charge in [0.05, 0.1) is 5.69 Å². The second-order valence-electron chi connectivity index (χ2n) is 4.24. The summed E-state index contributed by atoms with van der Waals surface area (Å²) in [6.07, 6.45) is 1.34. The van der Waals surface area contributed by atoms with Crippen molar-refractivity contribution in [3.05, 3.63) is 52.8 Å². The van der Waals surface area contributed by atoms with Crippen molar-refractivity contribution in [2.24, 2.45) is 0 Å². The van der Waals surface area contributed by atoms with E-state index in [9.17, 15) is 9.59 Å². The SMILES string of the molecule is Cc1ccc(Cl)cc1NC(=O)Nc1cccnc1C(=O)O. The number of aryl methyl sites for hydroxylation is 1. The van der Waals surface area contributed by atoms with Crippen molar-refractivity contribution in [3.63, 3.8) is 0 Å². The molecule has 3 N–H and O–H groups in total. The minimum Gasteiger partial charge on any atom is -0.476 e. The zero-order valence-corrected chi connectivity index (χ0v) is 11.8. The van der Waals surface area contributed by atoms with Crippen LogP contribution in [-0.4, -0.2) is 22.1 Å². The van der Waals surface area contributed by atoms with Gasteiger partial charge in [-0.3, -0.25) is 0 Å². The van der Waals surface area contributed by atoms with Crippen LogP contribution in [0.5, 0.6) is 0 Å². The molecule has 0 aliphatic heterocycles. The standard InChI is InChI=1S/C14H12ClN3O3/c1-8-4-5-9(15)7-11(8)18-14(21)17-10-3-2-6-16-12(10)13(19)20/h2-7H,1H3,(H,19,20)(H2,17,18,21). The van der Waals surface area contributed by atoms with Crippen LogP contribution in [0.2, 0.25) is 5.02 Å². The third-order valence-corrected chi connectivity index (χ3v) is 2.94. The number of amides is 2. The van der Waals surface area contributed by atoms with Crippen LogP contribution in [0.15, 0.2) is 36.5 Å². The number of aromatic carboxylic acids is 1. The summed E-state index contributed by atoms with van der Waals surface area (Å²) in [4.78, 5) is 26.6. The van der Waals surface area contributed by atoms with Crippen molar-refractivity contribution in [1.29, 1.82) is 0 Å². The summed E-state index contributed by atoms with van der Waals surface area (Å²) < 4.78 is 0. The summed E-state index contributed by atoms with van der Waals surface area (Å²) in [6.45, 7) is 1.82. The molecular formula is C14H12ClN3O3. The number of nitrogens with one attached hydrogen (secondary N) is 2. The molecular weight excluding hydrogens is 294 g/mol. The number of pyridine rings is 1. The van der Waals surface area contributed by atoms with Gasteiger partial charge in [-0.05, 0) is 36.8 Å². The number of carbonyl (C=O) groups is 2. The molecule has 0 aliphatic rings. The molecule has 0 unspecified atom stereocenters. The molecule has 6 nitrogen and oxygen atoms in total. The zero-order chi connectivity index (χ0) is 15.4. The van der Waals surface area contributed by atoms with Crippen molar-refractivity contribution < 1.29 is 14.7 Å². The van der Waals surface area contributed by atoms with E-state index in [1.54, 1.807) is 18.2 Å². The number of aromatic nitrogens is 1. The Morgan fingerprint density at radius 3 is 2.62 bits per heavy atom. The molecule has 1 heterocycles. The molecule has 0 saturated heterocycles. The Hall–Kier alpha value is -2.60. The molecule has 0 atom stereocenters. The predicted molar refractivity (Wildman–Crippen MR) is 80.0 cm³/mol. The number of carbonyl (C=O) groups excluding carboxylic acids is 1. The van der Waals surface area contributed by atoms with E-state index in [4.69, 9.17) is 16.7 Å². The first kappa shape index (κ1) is 14.8. The second kappa shape index (κ2) is 6.23. The average molecular weight is 306 g/mol. The van der Waals surface area contributed by atoms with Gasteiger partial charge >= 0.3 is 12.0 Å². The number of hydrogen-bond donors (Lipinski definition) is 3. The monoisotopic (exact) mass is 305 g/mol. The number of benzene rings is 1. The van der Waals surface area contributed by atoms with Crippen molar-refractivity contribution in [2.45, 2.75) is 6.92 Å². The first-order valence-electron chi connectivity index (χ1n) is 6.00. The summed E-state index contributed by atoms with van der Waals surface area (Å²) >= 11 is 5.87. The lowest BCUT2D eigenvalue weighted by atomic mass is 10.2. The molecule has 1 aromatic heterocycles. The van der Waals surface area contributed by atoms with Crippen LogP contribution >= 0.6 is 11.6 Å². The number of urea groups is 1. The molecule has 21 heavy (non-hydrogen) atoms. The zero-order valence-electron chi connectivity index (χ0n) is 11.1. The van der Waals surface area contributed by atoms with Crippen LogP contribution in [0.3, 0.4) is 0 Å². The van der Waals surface area contributed by atoms with Crippen LogP contribution in [0.1, 0.15) is 16.1 Å². The number of nitrogens with zero attached hydrogens (tertiary/aromatic N) is 1. The summed E-state index contributed by atoms with van der Waals surface area (Å²) in [5, 5.41) is 14.5. The summed E-state index contributed by atoms with van der Waals surface area (Å²) in [5.41, 5.74) is 1.26. The Morgan fingerprint density at radius 2 is 1.90 bits per heavy atom. The maximum atomic E-state index is 11.9. The van der Waals surface area contributed by atoms with Gasteiger partial charge in [0.1, 0.15) is 0 Å². The van der Waals surface area contributed by atoms with Gasteiger partial charge in [0, 0.05) is 16.9 Å². The Kier molecular flexibility index (Phi) is 4.39. The van der Waals surface area contributed by atoms with E-state index in [1.807, 2.05) is 6.92 Å².